The van der Waals surface area contributed by atoms with Crippen molar-refractivity contribution in [3.8, 4) is 0 Å². The fourth-order valence-electron chi connectivity index (χ4n) is 4.64. The number of nitrogens with zero attached hydrogens (tertiary/aromatic N) is 2. The van der Waals surface area contributed by atoms with Crippen molar-refractivity contribution in [3.63, 3.8) is 0 Å². The Balaban J connectivity index is 0.000000304. The van der Waals surface area contributed by atoms with Gasteiger partial charge >= 0.3 is 23.9 Å². The normalized spacial score (nSPS) is 15.7. The molecule has 0 radical (unpaired) electrons. The van der Waals surface area contributed by atoms with Crippen molar-refractivity contribution in [1.29, 1.82) is 0 Å². The number of carboxylic acids is 4. The smallest absolute Gasteiger partial charge is 0.328 e. The van der Waals surface area contributed by atoms with Gasteiger partial charge in [0.2, 0.25) is 0 Å². The minimum absolute atomic E-state index is 0.558. The van der Waals surface area contributed by atoms with Crippen LogP contribution in [0.5, 0.6) is 0 Å². The average Bonchev–Trinajstić information content (AvgIpc) is 2.92. The van der Waals surface area contributed by atoms with Crippen LogP contribution in [0, 0.1) is 5.92 Å². The summed E-state index contributed by atoms with van der Waals surface area (Å²) in [6.45, 7) is 7.09. The third-order valence-electron chi connectivity index (χ3n) is 6.53. The molecule has 0 aromatic heterocycles. The van der Waals surface area contributed by atoms with E-state index in [9.17, 15) is 19.2 Å². The lowest BCUT2D eigenvalue weighted by molar-refractivity contribution is -0.134. The number of nitrogen functional groups attached to an aromatic ring is 1. The number of carboxylic acid groups (broad SMARTS) is 4. The zero-order chi connectivity index (χ0) is 30.2. The van der Waals surface area contributed by atoms with Crippen LogP contribution in [0.3, 0.4) is 0 Å². The largest absolute Gasteiger partial charge is 0.478 e. The molecule has 0 bridgehead atoms. The van der Waals surface area contributed by atoms with Gasteiger partial charge in [-0.3, -0.25) is 9.80 Å². The number of benzene rings is 2. The van der Waals surface area contributed by atoms with Crippen molar-refractivity contribution < 1.29 is 39.6 Å². The molecule has 11 heteroatoms. The molecule has 2 aliphatic heterocycles. The van der Waals surface area contributed by atoms with Crippen molar-refractivity contribution in [2.75, 3.05) is 31.9 Å². The molecule has 2 heterocycles. The summed E-state index contributed by atoms with van der Waals surface area (Å²) in [5, 5.41) is 31.2. The third-order valence-corrected chi connectivity index (χ3v) is 6.53. The lowest BCUT2D eigenvalue weighted by Crippen LogP contribution is -2.40. The maximum atomic E-state index is 9.55. The fraction of sp³-hybridized carbons (Fsp3) is 0.333. The van der Waals surface area contributed by atoms with Crippen molar-refractivity contribution in [2.24, 2.45) is 5.92 Å². The summed E-state index contributed by atoms with van der Waals surface area (Å²) >= 11 is 0. The van der Waals surface area contributed by atoms with Gasteiger partial charge in [-0.05, 0) is 67.1 Å². The zero-order valence-electron chi connectivity index (χ0n) is 22.8. The van der Waals surface area contributed by atoms with Crippen LogP contribution in [-0.2, 0) is 38.7 Å². The first-order valence-corrected chi connectivity index (χ1v) is 13.2. The minimum Gasteiger partial charge on any atom is -0.478 e. The Bertz CT molecular complexity index is 1170. The van der Waals surface area contributed by atoms with E-state index in [-0.39, 0.29) is 0 Å². The summed E-state index contributed by atoms with van der Waals surface area (Å²) in [4.78, 5) is 43.5. The summed E-state index contributed by atoms with van der Waals surface area (Å²) in [6, 6.07) is 17.3. The van der Waals surface area contributed by atoms with Gasteiger partial charge in [0.25, 0.3) is 0 Å². The van der Waals surface area contributed by atoms with E-state index in [4.69, 9.17) is 26.2 Å². The van der Waals surface area contributed by atoms with E-state index in [2.05, 4.69) is 52.3 Å². The number of hydrogen-bond donors (Lipinski definition) is 5. The monoisotopic (exact) mass is 567 g/mol. The SMILES string of the molecule is Nc1cccc(CN2CCC(CN3CCc4ccccc4C3)CC2)c1.O=C(O)/C=C/C(=O)O.O=C(O)/C=C/C(=O)O. The van der Waals surface area contributed by atoms with Crippen LogP contribution in [0.25, 0.3) is 0 Å². The second-order valence-electron chi connectivity index (χ2n) is 9.74. The Morgan fingerprint density at radius 2 is 1.27 bits per heavy atom. The predicted octanol–water partition coefficient (Wildman–Crippen LogP) is 2.96. The molecule has 0 saturated carbocycles. The molecule has 1 fully saturated rings. The molecule has 2 aromatic rings. The third kappa shape index (κ3) is 13.9. The molecule has 0 aliphatic carbocycles. The number of likely N-dealkylation sites (tertiary alicyclic amines) is 1. The number of rotatable bonds is 8. The predicted molar refractivity (Wildman–Crippen MR) is 153 cm³/mol. The highest BCUT2D eigenvalue weighted by molar-refractivity contribution is 5.90. The van der Waals surface area contributed by atoms with Crippen LogP contribution < -0.4 is 5.73 Å². The summed E-state index contributed by atoms with van der Waals surface area (Å²) in [5.41, 5.74) is 11.2. The van der Waals surface area contributed by atoms with Crippen LogP contribution in [0.4, 0.5) is 5.69 Å². The molecule has 220 valence electrons. The van der Waals surface area contributed by atoms with Gasteiger partial charge in [0, 0.05) is 56.2 Å². The number of anilines is 1. The Morgan fingerprint density at radius 1 is 0.732 bits per heavy atom. The first kappa shape index (κ1) is 32.7. The number of nitrogens with two attached hydrogens (primary N) is 1. The molecular weight excluding hydrogens is 530 g/mol. The summed E-state index contributed by atoms with van der Waals surface area (Å²) < 4.78 is 0. The quantitative estimate of drug-likeness (QED) is 0.234. The molecule has 0 amide bonds. The van der Waals surface area contributed by atoms with E-state index >= 15 is 0 Å². The Hall–Kier alpha value is -4.48. The molecule has 2 aromatic carbocycles. The van der Waals surface area contributed by atoms with Crippen LogP contribution in [-0.4, -0.2) is 80.3 Å². The maximum Gasteiger partial charge on any atom is 0.328 e. The second kappa shape index (κ2) is 17.3. The molecule has 41 heavy (non-hydrogen) atoms. The lowest BCUT2D eigenvalue weighted by Gasteiger charge is -2.36. The fourth-order valence-corrected chi connectivity index (χ4v) is 4.64. The van der Waals surface area contributed by atoms with Crippen molar-refractivity contribution in [3.05, 3.63) is 89.5 Å². The van der Waals surface area contributed by atoms with Gasteiger partial charge in [0.05, 0.1) is 0 Å². The number of aliphatic carboxylic acids is 4. The van der Waals surface area contributed by atoms with Crippen LogP contribution in [0.2, 0.25) is 0 Å². The van der Waals surface area contributed by atoms with Gasteiger partial charge < -0.3 is 26.2 Å². The second-order valence-corrected chi connectivity index (χ2v) is 9.74. The highest BCUT2D eigenvalue weighted by Crippen LogP contribution is 2.24. The van der Waals surface area contributed by atoms with E-state index in [1.807, 2.05) is 6.07 Å². The van der Waals surface area contributed by atoms with Crippen molar-refractivity contribution >= 4 is 29.6 Å². The number of hydrogen-bond acceptors (Lipinski definition) is 7. The van der Waals surface area contributed by atoms with Crippen LogP contribution in [0.1, 0.15) is 29.5 Å². The molecule has 4 rings (SSSR count). The molecule has 0 unspecified atom stereocenters. The number of fused-ring (bicyclic) bond motifs is 1. The number of carbonyl (C=O) groups is 4. The highest BCUT2D eigenvalue weighted by atomic mass is 16.4. The average molecular weight is 568 g/mol. The van der Waals surface area contributed by atoms with Crippen molar-refractivity contribution in [2.45, 2.75) is 32.4 Å². The summed E-state index contributed by atoms with van der Waals surface area (Å²) in [5.74, 6) is -4.18. The molecule has 1 saturated heterocycles. The molecule has 6 N–H and O–H groups in total. The first-order valence-electron chi connectivity index (χ1n) is 13.2. The van der Waals surface area contributed by atoms with Gasteiger partial charge in [-0.15, -0.1) is 0 Å². The zero-order valence-corrected chi connectivity index (χ0v) is 22.8. The lowest BCUT2D eigenvalue weighted by atomic mass is 9.93. The number of piperidine rings is 1. The van der Waals surface area contributed by atoms with Crippen LogP contribution in [0.15, 0.2) is 72.8 Å². The summed E-state index contributed by atoms with van der Waals surface area (Å²) in [7, 11) is 0. The van der Waals surface area contributed by atoms with Gasteiger partial charge in [0.15, 0.2) is 0 Å². The topological polar surface area (TPSA) is 182 Å². The van der Waals surface area contributed by atoms with E-state index in [1.165, 1.54) is 56.6 Å². The van der Waals surface area contributed by atoms with Crippen LogP contribution >= 0.6 is 0 Å². The van der Waals surface area contributed by atoms with E-state index in [1.54, 1.807) is 5.56 Å². The maximum absolute atomic E-state index is 9.55. The molecule has 11 nitrogen and oxygen atoms in total. The molecule has 0 spiro atoms. The Kier molecular flexibility index (Phi) is 13.8. The van der Waals surface area contributed by atoms with E-state index in [0.717, 1.165) is 24.7 Å². The van der Waals surface area contributed by atoms with E-state index in [0.29, 0.717) is 24.3 Å². The van der Waals surface area contributed by atoms with Gasteiger partial charge in [0.1, 0.15) is 0 Å². The molecular formula is C30H37N3O8. The van der Waals surface area contributed by atoms with E-state index < -0.39 is 23.9 Å². The van der Waals surface area contributed by atoms with Crippen molar-refractivity contribution in [1.82, 2.24) is 9.80 Å². The Morgan fingerprint density at radius 3 is 1.78 bits per heavy atom. The standard InChI is InChI=1S/C22H29N3.2C4H4O4/c23-22-7-3-4-19(14-22)16-24-11-8-18(9-12-24)15-25-13-10-20-5-1-2-6-21(20)17-25;2*5-3(6)1-2-4(7)8/h1-7,14,18H,8-13,15-17,23H2;2*1-2H,(H,5,6)(H,7,8)/b;2*2-1+. The summed E-state index contributed by atoms with van der Waals surface area (Å²) in [6.07, 6.45) is 6.08. The van der Waals surface area contributed by atoms with Gasteiger partial charge in [-0.25, -0.2) is 19.2 Å². The highest BCUT2D eigenvalue weighted by Gasteiger charge is 2.23. The van der Waals surface area contributed by atoms with Gasteiger partial charge in [-0.2, -0.15) is 0 Å². The molecule has 2 aliphatic rings. The minimum atomic E-state index is -1.26. The molecule has 0 atom stereocenters. The van der Waals surface area contributed by atoms with Gasteiger partial charge in [-0.1, -0.05) is 36.4 Å². The first-order chi connectivity index (χ1) is 19.5. The Labute approximate surface area is 238 Å².